The maximum absolute atomic E-state index is 5.90. The average molecular weight is 258 g/mol. The first kappa shape index (κ1) is 15.9. The summed E-state index contributed by atoms with van der Waals surface area (Å²) in [4.78, 5) is 2.50. The van der Waals surface area contributed by atoms with Crippen LogP contribution >= 0.6 is 0 Å². The lowest BCUT2D eigenvalue weighted by molar-refractivity contribution is -0.117. The molecule has 0 aromatic heterocycles. The average Bonchev–Trinajstić information content (AvgIpc) is 2.40. The highest BCUT2D eigenvalue weighted by Gasteiger charge is 2.27. The third-order valence-corrected chi connectivity index (χ3v) is 4.30. The van der Waals surface area contributed by atoms with Crippen LogP contribution in [0.15, 0.2) is 0 Å². The standard InChI is InChI=1S/C14H30N2O2/c1-11(2)12-5-7-16(8-6-12)13(10-15)9-14(17-3)18-4/h11-14H,5-10,15H2,1-4H3. The number of hydrogen-bond donors (Lipinski definition) is 1. The van der Waals surface area contributed by atoms with Gasteiger partial charge in [0.1, 0.15) is 0 Å². The van der Waals surface area contributed by atoms with Crippen LogP contribution in [-0.4, -0.2) is 51.1 Å². The Morgan fingerprint density at radius 2 is 1.72 bits per heavy atom. The van der Waals surface area contributed by atoms with Gasteiger partial charge in [0.25, 0.3) is 0 Å². The van der Waals surface area contributed by atoms with E-state index in [0.717, 1.165) is 31.3 Å². The number of nitrogens with two attached hydrogens (primary N) is 1. The number of nitrogens with zero attached hydrogens (tertiary/aromatic N) is 1. The molecule has 2 N–H and O–H groups in total. The topological polar surface area (TPSA) is 47.7 Å². The zero-order chi connectivity index (χ0) is 13.5. The fourth-order valence-corrected chi connectivity index (χ4v) is 2.86. The van der Waals surface area contributed by atoms with Gasteiger partial charge in [0, 0.05) is 33.2 Å². The van der Waals surface area contributed by atoms with Crippen molar-refractivity contribution in [3.05, 3.63) is 0 Å². The fraction of sp³-hybridized carbons (Fsp3) is 1.00. The summed E-state index contributed by atoms with van der Waals surface area (Å²) in [5.74, 6) is 1.68. The van der Waals surface area contributed by atoms with Crippen molar-refractivity contribution in [1.29, 1.82) is 0 Å². The minimum Gasteiger partial charge on any atom is -0.356 e. The SMILES string of the molecule is COC(CC(CN)N1CCC(C(C)C)CC1)OC. The van der Waals surface area contributed by atoms with Gasteiger partial charge in [-0.2, -0.15) is 0 Å². The summed E-state index contributed by atoms with van der Waals surface area (Å²) in [7, 11) is 3.37. The predicted octanol–water partition coefficient (Wildman–Crippen LogP) is 1.69. The molecule has 1 atom stereocenters. The van der Waals surface area contributed by atoms with Crippen molar-refractivity contribution >= 4 is 0 Å². The van der Waals surface area contributed by atoms with Crippen LogP contribution in [0, 0.1) is 11.8 Å². The third kappa shape index (κ3) is 4.50. The van der Waals surface area contributed by atoms with Crippen molar-refractivity contribution in [3.8, 4) is 0 Å². The molecule has 4 nitrogen and oxygen atoms in total. The normalized spacial score (nSPS) is 20.8. The van der Waals surface area contributed by atoms with Gasteiger partial charge in [-0.05, 0) is 37.8 Å². The Balaban J connectivity index is 2.42. The van der Waals surface area contributed by atoms with Crippen molar-refractivity contribution < 1.29 is 9.47 Å². The van der Waals surface area contributed by atoms with Crippen LogP contribution in [0.2, 0.25) is 0 Å². The molecule has 0 spiro atoms. The van der Waals surface area contributed by atoms with E-state index in [-0.39, 0.29) is 6.29 Å². The molecule has 1 heterocycles. The molecule has 18 heavy (non-hydrogen) atoms. The van der Waals surface area contributed by atoms with Gasteiger partial charge in [-0.15, -0.1) is 0 Å². The molecular formula is C14H30N2O2. The largest absolute Gasteiger partial charge is 0.356 e. The van der Waals surface area contributed by atoms with Crippen molar-refractivity contribution in [1.82, 2.24) is 4.90 Å². The molecule has 4 heteroatoms. The number of piperidine rings is 1. The van der Waals surface area contributed by atoms with E-state index in [0.29, 0.717) is 12.6 Å². The molecule has 0 aromatic carbocycles. The molecule has 0 aliphatic carbocycles. The summed E-state index contributed by atoms with van der Waals surface area (Å²) in [6, 6.07) is 0.378. The van der Waals surface area contributed by atoms with E-state index in [9.17, 15) is 0 Å². The van der Waals surface area contributed by atoms with Crippen molar-refractivity contribution in [2.24, 2.45) is 17.6 Å². The first-order valence-electron chi connectivity index (χ1n) is 7.12. The second-order valence-corrected chi connectivity index (χ2v) is 5.64. The van der Waals surface area contributed by atoms with Gasteiger partial charge < -0.3 is 15.2 Å². The van der Waals surface area contributed by atoms with Crippen molar-refractivity contribution in [2.75, 3.05) is 33.9 Å². The smallest absolute Gasteiger partial charge is 0.158 e. The molecule has 1 aliphatic rings. The van der Waals surface area contributed by atoms with Gasteiger partial charge in [0.05, 0.1) is 0 Å². The van der Waals surface area contributed by atoms with Crippen LogP contribution in [0.4, 0.5) is 0 Å². The van der Waals surface area contributed by atoms with Crippen LogP contribution < -0.4 is 5.73 Å². The summed E-state index contributed by atoms with van der Waals surface area (Å²) >= 11 is 0. The van der Waals surface area contributed by atoms with Gasteiger partial charge in [0.15, 0.2) is 6.29 Å². The molecular weight excluding hydrogens is 228 g/mol. The lowest BCUT2D eigenvalue weighted by Gasteiger charge is -2.39. The molecule has 0 aromatic rings. The molecule has 1 fully saturated rings. The van der Waals surface area contributed by atoms with Crippen LogP contribution in [0.1, 0.15) is 33.1 Å². The second-order valence-electron chi connectivity index (χ2n) is 5.64. The summed E-state index contributed by atoms with van der Waals surface area (Å²) in [6.07, 6.45) is 3.30. The monoisotopic (exact) mass is 258 g/mol. The number of ether oxygens (including phenoxy) is 2. The first-order chi connectivity index (χ1) is 8.62. The lowest BCUT2D eigenvalue weighted by Crippen LogP contribution is -2.47. The summed E-state index contributed by atoms with van der Waals surface area (Å²) in [5, 5.41) is 0. The highest BCUT2D eigenvalue weighted by Crippen LogP contribution is 2.26. The number of methoxy groups -OCH3 is 2. The first-order valence-corrected chi connectivity index (χ1v) is 7.12. The van der Waals surface area contributed by atoms with E-state index >= 15 is 0 Å². The Labute approximate surface area is 112 Å². The molecule has 0 radical (unpaired) electrons. The molecule has 1 unspecified atom stereocenters. The van der Waals surface area contributed by atoms with E-state index in [4.69, 9.17) is 15.2 Å². The molecule has 0 saturated carbocycles. The van der Waals surface area contributed by atoms with Crippen molar-refractivity contribution in [2.45, 2.75) is 45.4 Å². The van der Waals surface area contributed by atoms with Crippen molar-refractivity contribution in [3.63, 3.8) is 0 Å². The molecule has 0 amide bonds. The van der Waals surface area contributed by atoms with Gasteiger partial charge >= 0.3 is 0 Å². The third-order valence-electron chi connectivity index (χ3n) is 4.30. The van der Waals surface area contributed by atoms with E-state index in [1.54, 1.807) is 14.2 Å². The second kappa shape index (κ2) is 8.10. The van der Waals surface area contributed by atoms with Crippen LogP contribution in [-0.2, 0) is 9.47 Å². The molecule has 108 valence electrons. The van der Waals surface area contributed by atoms with E-state index < -0.39 is 0 Å². The van der Waals surface area contributed by atoms with Crippen LogP contribution in [0.25, 0.3) is 0 Å². The summed E-state index contributed by atoms with van der Waals surface area (Å²) < 4.78 is 10.6. The number of rotatable bonds is 7. The maximum Gasteiger partial charge on any atom is 0.158 e. The van der Waals surface area contributed by atoms with E-state index in [1.807, 2.05) is 0 Å². The summed E-state index contributed by atoms with van der Waals surface area (Å²) in [5.41, 5.74) is 5.90. The van der Waals surface area contributed by atoms with Gasteiger partial charge in [-0.1, -0.05) is 13.8 Å². The van der Waals surface area contributed by atoms with Gasteiger partial charge in [-0.3, -0.25) is 4.90 Å². The maximum atomic E-state index is 5.90. The van der Waals surface area contributed by atoms with Crippen LogP contribution in [0.5, 0.6) is 0 Å². The Kier molecular flexibility index (Phi) is 7.15. The van der Waals surface area contributed by atoms with E-state index in [1.165, 1.54) is 12.8 Å². The van der Waals surface area contributed by atoms with Gasteiger partial charge in [-0.25, -0.2) is 0 Å². The summed E-state index contributed by atoms with van der Waals surface area (Å²) in [6.45, 7) is 7.64. The number of likely N-dealkylation sites (tertiary alicyclic amines) is 1. The minimum atomic E-state index is -0.138. The molecule has 1 rings (SSSR count). The highest BCUT2D eigenvalue weighted by atomic mass is 16.7. The number of hydrogen-bond acceptors (Lipinski definition) is 4. The van der Waals surface area contributed by atoms with Gasteiger partial charge in [0.2, 0.25) is 0 Å². The predicted molar refractivity (Wildman–Crippen MR) is 74.4 cm³/mol. The Bertz CT molecular complexity index is 212. The molecule has 1 saturated heterocycles. The lowest BCUT2D eigenvalue weighted by atomic mass is 9.86. The molecule has 1 aliphatic heterocycles. The quantitative estimate of drug-likeness (QED) is 0.706. The Hall–Kier alpha value is -0.160. The highest BCUT2D eigenvalue weighted by molar-refractivity contribution is 4.81. The molecule has 0 bridgehead atoms. The zero-order valence-electron chi connectivity index (χ0n) is 12.4. The minimum absolute atomic E-state index is 0.138. The van der Waals surface area contributed by atoms with E-state index in [2.05, 4.69) is 18.7 Å². The fourth-order valence-electron chi connectivity index (χ4n) is 2.86. The zero-order valence-corrected chi connectivity index (χ0v) is 12.4. The Morgan fingerprint density at radius 1 is 1.17 bits per heavy atom. The Morgan fingerprint density at radius 3 is 2.11 bits per heavy atom. The van der Waals surface area contributed by atoms with Crippen LogP contribution in [0.3, 0.4) is 0 Å².